The van der Waals surface area contributed by atoms with Crippen LogP contribution in [0, 0.1) is 5.41 Å². The van der Waals surface area contributed by atoms with Crippen LogP contribution in [0.5, 0.6) is 0 Å². The monoisotopic (exact) mass is 172 g/mol. The highest BCUT2D eigenvalue weighted by atomic mass is 16.6. The molecule has 1 atom stereocenters. The number of esters is 1. The molecule has 0 aromatic rings. The summed E-state index contributed by atoms with van der Waals surface area (Å²) >= 11 is 0. The lowest BCUT2D eigenvalue weighted by molar-refractivity contribution is -0.160. The first-order valence-electron chi connectivity index (χ1n) is 4.20. The van der Waals surface area contributed by atoms with E-state index >= 15 is 0 Å². The van der Waals surface area contributed by atoms with Crippen molar-refractivity contribution in [2.75, 3.05) is 13.2 Å². The lowest BCUT2D eigenvalue weighted by atomic mass is 9.79. The summed E-state index contributed by atoms with van der Waals surface area (Å²) in [6.45, 7) is 1.20. The SMILES string of the molecule is O=C1OC(O)CC12CCOCC2. The number of hydrogen-bond acceptors (Lipinski definition) is 4. The molecule has 2 aliphatic rings. The van der Waals surface area contributed by atoms with Crippen molar-refractivity contribution in [3.05, 3.63) is 0 Å². The third-order valence-corrected chi connectivity index (χ3v) is 2.69. The van der Waals surface area contributed by atoms with Crippen molar-refractivity contribution in [2.24, 2.45) is 5.41 Å². The largest absolute Gasteiger partial charge is 0.435 e. The van der Waals surface area contributed by atoms with Gasteiger partial charge in [-0.25, -0.2) is 0 Å². The molecule has 4 heteroatoms. The van der Waals surface area contributed by atoms with Crippen LogP contribution < -0.4 is 0 Å². The van der Waals surface area contributed by atoms with E-state index < -0.39 is 11.7 Å². The molecule has 2 aliphatic heterocycles. The smallest absolute Gasteiger partial charge is 0.314 e. The molecule has 0 radical (unpaired) electrons. The van der Waals surface area contributed by atoms with Gasteiger partial charge in [0, 0.05) is 19.6 Å². The van der Waals surface area contributed by atoms with Gasteiger partial charge in [-0.1, -0.05) is 0 Å². The molecule has 2 rings (SSSR count). The molecule has 0 saturated carbocycles. The second-order valence-electron chi connectivity index (χ2n) is 3.46. The fraction of sp³-hybridized carbons (Fsp3) is 0.875. The van der Waals surface area contributed by atoms with Gasteiger partial charge in [-0.15, -0.1) is 0 Å². The van der Waals surface area contributed by atoms with Crippen LogP contribution >= 0.6 is 0 Å². The predicted octanol–water partition coefficient (Wildman–Crippen LogP) is 0.0485. The van der Waals surface area contributed by atoms with Crippen LogP contribution in [0.2, 0.25) is 0 Å². The van der Waals surface area contributed by atoms with E-state index in [9.17, 15) is 4.79 Å². The molecule has 0 aliphatic carbocycles. The maximum Gasteiger partial charge on any atom is 0.314 e. The third-order valence-electron chi connectivity index (χ3n) is 2.69. The van der Waals surface area contributed by atoms with Crippen LogP contribution in [0.3, 0.4) is 0 Å². The minimum Gasteiger partial charge on any atom is -0.435 e. The number of aliphatic hydroxyl groups excluding tert-OH is 1. The van der Waals surface area contributed by atoms with E-state index in [0.717, 1.165) is 0 Å². The summed E-state index contributed by atoms with van der Waals surface area (Å²) in [7, 11) is 0. The Hall–Kier alpha value is -0.610. The Morgan fingerprint density at radius 1 is 1.42 bits per heavy atom. The molecule has 0 aromatic heterocycles. The van der Waals surface area contributed by atoms with Gasteiger partial charge in [-0.3, -0.25) is 4.79 Å². The van der Waals surface area contributed by atoms with Gasteiger partial charge in [0.05, 0.1) is 5.41 Å². The Bertz CT molecular complexity index is 195. The van der Waals surface area contributed by atoms with E-state index in [4.69, 9.17) is 14.6 Å². The van der Waals surface area contributed by atoms with Crippen molar-refractivity contribution in [2.45, 2.75) is 25.6 Å². The Morgan fingerprint density at radius 2 is 2.08 bits per heavy atom. The fourth-order valence-electron chi connectivity index (χ4n) is 1.88. The molecule has 0 bridgehead atoms. The predicted molar refractivity (Wildman–Crippen MR) is 39.2 cm³/mol. The average molecular weight is 172 g/mol. The highest BCUT2D eigenvalue weighted by Gasteiger charge is 2.49. The number of cyclic esters (lactones) is 1. The zero-order valence-electron chi connectivity index (χ0n) is 6.78. The third kappa shape index (κ3) is 1.11. The molecule has 1 spiro atoms. The van der Waals surface area contributed by atoms with Crippen molar-refractivity contribution in [3.8, 4) is 0 Å². The summed E-state index contributed by atoms with van der Waals surface area (Å²) in [5.74, 6) is -0.252. The van der Waals surface area contributed by atoms with Gasteiger partial charge in [-0.05, 0) is 12.8 Å². The molecule has 12 heavy (non-hydrogen) atoms. The quantitative estimate of drug-likeness (QED) is 0.524. The van der Waals surface area contributed by atoms with Crippen LogP contribution in [0.25, 0.3) is 0 Å². The van der Waals surface area contributed by atoms with Crippen LogP contribution in [-0.2, 0) is 14.3 Å². The summed E-state index contributed by atoms with van der Waals surface area (Å²) in [4.78, 5) is 11.3. The Kier molecular flexibility index (Phi) is 1.81. The summed E-state index contributed by atoms with van der Waals surface area (Å²) in [6.07, 6.45) is 0.914. The minimum atomic E-state index is -0.893. The van der Waals surface area contributed by atoms with Gasteiger partial charge >= 0.3 is 5.97 Å². The summed E-state index contributed by atoms with van der Waals surface area (Å²) in [6, 6.07) is 0. The van der Waals surface area contributed by atoms with Crippen LogP contribution in [0.4, 0.5) is 0 Å². The first kappa shape index (κ1) is 8.01. The number of hydrogen-bond donors (Lipinski definition) is 1. The average Bonchev–Trinajstić information content (AvgIpc) is 2.29. The minimum absolute atomic E-state index is 0.252. The van der Waals surface area contributed by atoms with Gasteiger partial charge in [0.25, 0.3) is 0 Å². The van der Waals surface area contributed by atoms with E-state index in [1.165, 1.54) is 0 Å². The van der Waals surface area contributed by atoms with Crippen molar-refractivity contribution >= 4 is 5.97 Å². The molecular weight excluding hydrogens is 160 g/mol. The van der Waals surface area contributed by atoms with Crippen LogP contribution in [0.15, 0.2) is 0 Å². The Morgan fingerprint density at radius 3 is 2.58 bits per heavy atom. The van der Waals surface area contributed by atoms with Crippen LogP contribution in [0.1, 0.15) is 19.3 Å². The van der Waals surface area contributed by atoms with E-state index in [1.54, 1.807) is 0 Å². The van der Waals surface area contributed by atoms with Crippen LogP contribution in [-0.4, -0.2) is 30.6 Å². The molecule has 1 unspecified atom stereocenters. The Balaban J connectivity index is 2.13. The van der Waals surface area contributed by atoms with Crippen molar-refractivity contribution in [1.82, 2.24) is 0 Å². The molecular formula is C8H12O4. The molecule has 2 heterocycles. The second kappa shape index (κ2) is 2.71. The number of carbonyl (C=O) groups is 1. The molecule has 0 amide bonds. The zero-order chi connectivity index (χ0) is 8.60. The molecule has 68 valence electrons. The van der Waals surface area contributed by atoms with E-state index in [-0.39, 0.29) is 5.97 Å². The summed E-state index contributed by atoms with van der Waals surface area (Å²) < 4.78 is 9.87. The molecule has 0 aromatic carbocycles. The lowest BCUT2D eigenvalue weighted by Crippen LogP contribution is -2.33. The number of aliphatic hydroxyl groups is 1. The number of carbonyl (C=O) groups excluding carboxylic acids is 1. The molecule has 2 fully saturated rings. The van der Waals surface area contributed by atoms with E-state index in [0.29, 0.717) is 32.5 Å². The Labute approximate surface area is 70.5 Å². The molecule has 1 N–H and O–H groups in total. The molecule has 4 nitrogen and oxygen atoms in total. The second-order valence-corrected chi connectivity index (χ2v) is 3.46. The van der Waals surface area contributed by atoms with Gasteiger partial charge in [-0.2, -0.15) is 0 Å². The maximum atomic E-state index is 11.3. The zero-order valence-corrected chi connectivity index (χ0v) is 6.78. The fourth-order valence-corrected chi connectivity index (χ4v) is 1.88. The van der Waals surface area contributed by atoms with Gasteiger partial charge in [0.2, 0.25) is 6.29 Å². The van der Waals surface area contributed by atoms with Gasteiger partial charge < -0.3 is 14.6 Å². The summed E-state index contributed by atoms with van der Waals surface area (Å²) in [5, 5.41) is 9.13. The topological polar surface area (TPSA) is 55.8 Å². The number of ether oxygens (including phenoxy) is 2. The molecule has 2 saturated heterocycles. The number of rotatable bonds is 0. The first-order valence-corrected chi connectivity index (χ1v) is 4.20. The van der Waals surface area contributed by atoms with E-state index in [2.05, 4.69) is 0 Å². The highest BCUT2D eigenvalue weighted by Crippen LogP contribution is 2.41. The standard InChI is InChI=1S/C8H12O4/c9-6-5-8(7(10)12-6)1-3-11-4-2-8/h6,9H,1-5H2. The first-order chi connectivity index (χ1) is 5.73. The van der Waals surface area contributed by atoms with Gasteiger partial charge in [0.1, 0.15) is 0 Å². The van der Waals surface area contributed by atoms with Crippen molar-refractivity contribution < 1.29 is 19.4 Å². The highest BCUT2D eigenvalue weighted by molar-refractivity contribution is 5.78. The normalized spacial score (nSPS) is 33.8. The van der Waals surface area contributed by atoms with Gasteiger partial charge in [0.15, 0.2) is 0 Å². The van der Waals surface area contributed by atoms with E-state index in [1.807, 2.05) is 0 Å². The summed E-state index contributed by atoms with van der Waals surface area (Å²) in [5.41, 5.74) is -0.433. The van der Waals surface area contributed by atoms with Crippen molar-refractivity contribution in [1.29, 1.82) is 0 Å². The lowest BCUT2D eigenvalue weighted by Gasteiger charge is -2.28. The maximum absolute atomic E-state index is 11.3. The van der Waals surface area contributed by atoms with Crippen molar-refractivity contribution in [3.63, 3.8) is 0 Å².